The number of nitrogens with zero attached hydrogens (tertiary/aromatic N) is 1. The smallest absolute Gasteiger partial charge is 0.167 e. The summed E-state index contributed by atoms with van der Waals surface area (Å²) >= 11 is 0. The van der Waals surface area contributed by atoms with Crippen LogP contribution in [-0.2, 0) is 0 Å². The van der Waals surface area contributed by atoms with Crippen LogP contribution < -0.4 is 29.4 Å². The molecule has 1 aliphatic rings. The van der Waals surface area contributed by atoms with Crippen LogP contribution in [0.3, 0.4) is 0 Å². The molecule has 4 rings (SSSR count). The minimum absolute atomic E-state index is 0.107. The van der Waals surface area contributed by atoms with Gasteiger partial charge in [-0.05, 0) is 42.5 Å². The van der Waals surface area contributed by atoms with E-state index in [0.29, 0.717) is 23.0 Å². The molecule has 0 bridgehead atoms. The second-order valence-electron chi connectivity index (χ2n) is 7.38. The zero-order valence-corrected chi connectivity index (χ0v) is 19.2. The van der Waals surface area contributed by atoms with Crippen molar-refractivity contribution in [2.75, 3.05) is 33.4 Å². The maximum atomic E-state index is 5.73. The second-order valence-corrected chi connectivity index (χ2v) is 7.38. The van der Waals surface area contributed by atoms with Gasteiger partial charge in [-0.1, -0.05) is 42.5 Å². The summed E-state index contributed by atoms with van der Waals surface area (Å²) in [5.41, 5.74) is 7.42. The van der Waals surface area contributed by atoms with Gasteiger partial charge in [0.15, 0.2) is 23.0 Å². The first kappa shape index (κ1) is 22.1. The summed E-state index contributed by atoms with van der Waals surface area (Å²) in [6.07, 6.45) is 6.20. The van der Waals surface area contributed by atoms with Crippen LogP contribution in [0.2, 0.25) is 0 Å². The van der Waals surface area contributed by atoms with Crippen LogP contribution in [0, 0.1) is 0 Å². The molecule has 1 heterocycles. The fourth-order valence-electron chi connectivity index (χ4n) is 3.99. The molecule has 3 aromatic rings. The molecular formula is C27H28N2O4. The van der Waals surface area contributed by atoms with Crippen LogP contribution >= 0.6 is 0 Å². The molecule has 6 heteroatoms. The van der Waals surface area contributed by atoms with Crippen molar-refractivity contribution in [1.82, 2.24) is 5.43 Å². The number of rotatable bonds is 8. The third-order valence-electron chi connectivity index (χ3n) is 5.53. The van der Waals surface area contributed by atoms with Crippen molar-refractivity contribution < 1.29 is 18.9 Å². The van der Waals surface area contributed by atoms with Gasteiger partial charge in [0.2, 0.25) is 0 Å². The molecule has 0 aliphatic carbocycles. The Bertz CT molecular complexity index is 1160. The number of anilines is 1. The zero-order valence-electron chi connectivity index (χ0n) is 19.2. The van der Waals surface area contributed by atoms with Gasteiger partial charge in [-0.25, -0.2) is 0 Å². The largest absolute Gasteiger partial charge is 0.493 e. The van der Waals surface area contributed by atoms with Gasteiger partial charge in [0.05, 0.1) is 45.9 Å². The van der Waals surface area contributed by atoms with E-state index < -0.39 is 0 Å². The number of nitrogens with one attached hydrogen (secondary N) is 1. The van der Waals surface area contributed by atoms with E-state index in [-0.39, 0.29) is 6.04 Å². The summed E-state index contributed by atoms with van der Waals surface area (Å²) in [6, 6.07) is 21.8. The van der Waals surface area contributed by atoms with Gasteiger partial charge in [-0.3, -0.25) is 10.4 Å². The molecule has 33 heavy (non-hydrogen) atoms. The molecule has 0 saturated carbocycles. The minimum Gasteiger partial charge on any atom is -0.493 e. The molecule has 1 atom stereocenters. The van der Waals surface area contributed by atoms with Crippen LogP contribution in [0.15, 0.2) is 84.6 Å². The van der Waals surface area contributed by atoms with Gasteiger partial charge in [0.1, 0.15) is 0 Å². The van der Waals surface area contributed by atoms with E-state index in [4.69, 9.17) is 18.9 Å². The van der Waals surface area contributed by atoms with Gasteiger partial charge in [-0.2, -0.15) is 0 Å². The van der Waals surface area contributed by atoms with Crippen LogP contribution in [0.5, 0.6) is 23.0 Å². The number of para-hydroxylation sites is 3. The fraction of sp³-hybridized carbons (Fsp3) is 0.185. The molecule has 6 nitrogen and oxygen atoms in total. The van der Waals surface area contributed by atoms with E-state index >= 15 is 0 Å². The number of hydrogen-bond acceptors (Lipinski definition) is 6. The quantitative estimate of drug-likeness (QED) is 0.503. The molecule has 0 fully saturated rings. The van der Waals surface area contributed by atoms with Gasteiger partial charge >= 0.3 is 0 Å². The maximum absolute atomic E-state index is 5.73. The molecule has 3 aromatic carbocycles. The Morgan fingerprint density at radius 1 is 0.697 bits per heavy atom. The van der Waals surface area contributed by atoms with Crippen molar-refractivity contribution in [3.05, 3.63) is 95.7 Å². The summed E-state index contributed by atoms with van der Waals surface area (Å²) in [5, 5.41) is 2.11. The molecule has 0 spiro atoms. The molecular weight excluding hydrogens is 416 g/mol. The Morgan fingerprint density at radius 3 is 2.03 bits per heavy atom. The van der Waals surface area contributed by atoms with Crippen LogP contribution in [-0.4, -0.2) is 28.4 Å². The van der Waals surface area contributed by atoms with E-state index in [1.165, 1.54) is 0 Å². The summed E-state index contributed by atoms with van der Waals surface area (Å²) < 4.78 is 22.2. The first-order valence-corrected chi connectivity index (χ1v) is 10.6. The van der Waals surface area contributed by atoms with Crippen molar-refractivity contribution in [2.24, 2.45) is 0 Å². The third-order valence-corrected chi connectivity index (χ3v) is 5.53. The number of methoxy groups -OCH3 is 4. The average Bonchev–Trinajstić information content (AvgIpc) is 3.31. The van der Waals surface area contributed by atoms with Crippen molar-refractivity contribution >= 4 is 11.8 Å². The normalized spacial score (nSPS) is 15.2. The topological polar surface area (TPSA) is 52.2 Å². The molecule has 0 aromatic heterocycles. The maximum Gasteiger partial charge on any atom is 0.167 e. The lowest BCUT2D eigenvalue weighted by Gasteiger charge is -2.28. The summed E-state index contributed by atoms with van der Waals surface area (Å²) in [4.78, 5) is 0. The zero-order chi connectivity index (χ0) is 23.2. The first-order chi connectivity index (χ1) is 16.2. The number of allylic oxidation sites excluding steroid dienone is 1. The lowest BCUT2D eigenvalue weighted by atomic mass is 10.0. The second kappa shape index (κ2) is 10.0. The lowest BCUT2D eigenvalue weighted by Crippen LogP contribution is -2.34. The predicted octanol–water partition coefficient (Wildman–Crippen LogP) is 5.38. The molecule has 0 amide bonds. The monoisotopic (exact) mass is 444 g/mol. The van der Waals surface area contributed by atoms with Crippen molar-refractivity contribution in [3.8, 4) is 23.0 Å². The Hall–Kier alpha value is -4.06. The average molecular weight is 445 g/mol. The van der Waals surface area contributed by atoms with Crippen LogP contribution in [0.25, 0.3) is 6.08 Å². The van der Waals surface area contributed by atoms with E-state index in [1.807, 2.05) is 60.7 Å². The van der Waals surface area contributed by atoms with E-state index in [2.05, 4.69) is 34.7 Å². The van der Waals surface area contributed by atoms with Gasteiger partial charge < -0.3 is 18.9 Å². The highest BCUT2D eigenvalue weighted by Crippen LogP contribution is 2.41. The van der Waals surface area contributed by atoms with E-state index in [9.17, 15) is 0 Å². The number of hydrazine groups is 1. The lowest BCUT2D eigenvalue weighted by molar-refractivity contribution is 0.350. The minimum atomic E-state index is -0.107. The highest BCUT2D eigenvalue weighted by atomic mass is 16.5. The molecule has 0 radical (unpaired) electrons. The first-order valence-electron chi connectivity index (χ1n) is 10.6. The van der Waals surface area contributed by atoms with E-state index in [0.717, 1.165) is 22.5 Å². The highest BCUT2D eigenvalue weighted by Gasteiger charge is 2.29. The SMILES string of the molecule is COc1cccc(C=CC2=CC(c3cccc(OC)c3OC)N(c3ccccc3)N2)c1OC. The Morgan fingerprint density at radius 2 is 1.36 bits per heavy atom. The predicted molar refractivity (Wildman–Crippen MR) is 131 cm³/mol. The standard InChI is InChI=1S/C27H28N2O4/c1-30-24-14-8-10-19(26(24)32-3)16-17-20-18-23(29(28-20)21-11-6-5-7-12-21)22-13-9-15-25(31-2)27(22)33-4/h5-18,23,28H,1-4H3. The molecule has 170 valence electrons. The highest BCUT2D eigenvalue weighted by molar-refractivity contribution is 5.65. The number of ether oxygens (including phenoxy) is 4. The third kappa shape index (κ3) is 4.46. The molecule has 1 unspecified atom stereocenters. The van der Waals surface area contributed by atoms with Crippen molar-refractivity contribution in [2.45, 2.75) is 6.04 Å². The Balaban J connectivity index is 1.74. The van der Waals surface area contributed by atoms with Crippen LogP contribution in [0.1, 0.15) is 17.2 Å². The summed E-state index contributed by atoms with van der Waals surface area (Å²) in [7, 11) is 6.59. The van der Waals surface area contributed by atoms with Crippen LogP contribution in [0.4, 0.5) is 5.69 Å². The fourth-order valence-corrected chi connectivity index (χ4v) is 3.99. The molecule has 1 N–H and O–H groups in total. The Kier molecular flexibility index (Phi) is 6.74. The summed E-state index contributed by atoms with van der Waals surface area (Å²) in [5.74, 6) is 2.80. The van der Waals surface area contributed by atoms with Gasteiger partial charge in [0, 0.05) is 11.1 Å². The number of hydrogen-bond donors (Lipinski definition) is 1. The number of benzene rings is 3. The van der Waals surface area contributed by atoms with E-state index in [1.54, 1.807) is 28.4 Å². The summed E-state index contributed by atoms with van der Waals surface area (Å²) in [6.45, 7) is 0. The molecule has 0 saturated heterocycles. The van der Waals surface area contributed by atoms with Crippen molar-refractivity contribution in [1.29, 1.82) is 0 Å². The van der Waals surface area contributed by atoms with Gasteiger partial charge in [0.25, 0.3) is 0 Å². The Labute approximate surface area is 194 Å². The molecule has 1 aliphatic heterocycles. The van der Waals surface area contributed by atoms with Crippen molar-refractivity contribution in [3.63, 3.8) is 0 Å². The van der Waals surface area contributed by atoms with Gasteiger partial charge in [-0.15, -0.1) is 0 Å².